The number of hydrogen-bond donors (Lipinski definition) is 0. The molecule has 0 aromatic heterocycles. The van der Waals surface area contributed by atoms with E-state index in [2.05, 4.69) is 56.9 Å². The topological polar surface area (TPSA) is 38.8 Å². The molecule has 4 nitrogen and oxygen atoms in total. The first-order valence-corrected chi connectivity index (χ1v) is 10.8. The summed E-state index contributed by atoms with van der Waals surface area (Å²) in [5, 5.41) is 0. The van der Waals surface area contributed by atoms with Gasteiger partial charge in [0.2, 0.25) is 5.91 Å². The van der Waals surface area contributed by atoms with Gasteiger partial charge in [0.1, 0.15) is 5.75 Å². The molecule has 0 saturated carbocycles. The Hall–Kier alpha value is -1.55. The fraction of sp³-hybridized carbons (Fsp3) is 0.708. The van der Waals surface area contributed by atoms with Gasteiger partial charge in [0.25, 0.3) is 0 Å². The fourth-order valence-corrected chi connectivity index (χ4v) is 4.29. The van der Waals surface area contributed by atoms with Crippen LogP contribution in [-0.4, -0.2) is 41.7 Å². The first-order chi connectivity index (χ1) is 13.1. The Kier molecular flexibility index (Phi) is 7.94. The van der Waals surface area contributed by atoms with Gasteiger partial charge in [0, 0.05) is 26.1 Å². The molecule has 4 heteroatoms. The van der Waals surface area contributed by atoms with Crippen molar-refractivity contribution < 1.29 is 14.3 Å². The molecule has 1 amide bonds. The first-order valence-electron chi connectivity index (χ1n) is 10.8. The molecule has 1 aromatic carbocycles. The number of carbonyl (C=O) groups excluding carboxylic acids is 1. The van der Waals surface area contributed by atoms with Gasteiger partial charge in [-0.05, 0) is 76.5 Å². The number of hydrogen-bond acceptors (Lipinski definition) is 3. The Balaban J connectivity index is 2.07. The van der Waals surface area contributed by atoms with E-state index in [1.54, 1.807) is 6.92 Å². The van der Waals surface area contributed by atoms with Crippen molar-refractivity contribution in [3.63, 3.8) is 0 Å². The van der Waals surface area contributed by atoms with Crippen molar-refractivity contribution >= 4 is 5.91 Å². The number of ether oxygens (including phenoxy) is 2. The van der Waals surface area contributed by atoms with Crippen LogP contribution >= 0.6 is 0 Å². The molecule has 1 heterocycles. The van der Waals surface area contributed by atoms with E-state index in [0.717, 1.165) is 38.2 Å². The average molecular weight is 390 g/mol. The second-order valence-electron chi connectivity index (χ2n) is 9.34. The lowest BCUT2D eigenvalue weighted by molar-refractivity contribution is -0.138. The highest BCUT2D eigenvalue weighted by atomic mass is 16.5. The molecule has 2 atom stereocenters. The summed E-state index contributed by atoms with van der Waals surface area (Å²) in [6.45, 7) is 16.1. The highest BCUT2D eigenvalue weighted by molar-refractivity contribution is 5.73. The van der Waals surface area contributed by atoms with Crippen LogP contribution in [0.2, 0.25) is 0 Å². The molecule has 28 heavy (non-hydrogen) atoms. The third-order valence-corrected chi connectivity index (χ3v) is 5.68. The highest BCUT2D eigenvalue weighted by Crippen LogP contribution is 2.32. The van der Waals surface area contributed by atoms with Crippen LogP contribution < -0.4 is 4.74 Å². The van der Waals surface area contributed by atoms with E-state index >= 15 is 0 Å². The lowest BCUT2D eigenvalue weighted by Crippen LogP contribution is -2.48. The van der Waals surface area contributed by atoms with Crippen LogP contribution in [-0.2, 0) is 9.53 Å². The van der Waals surface area contributed by atoms with Gasteiger partial charge in [-0.15, -0.1) is 0 Å². The van der Waals surface area contributed by atoms with Gasteiger partial charge >= 0.3 is 0 Å². The predicted octanol–water partition coefficient (Wildman–Crippen LogP) is 5.41. The Labute approximate surface area is 171 Å². The van der Waals surface area contributed by atoms with Crippen LogP contribution in [0.3, 0.4) is 0 Å². The summed E-state index contributed by atoms with van der Waals surface area (Å²) in [6, 6.07) is 8.76. The third-order valence-electron chi connectivity index (χ3n) is 5.68. The zero-order valence-corrected chi connectivity index (χ0v) is 18.8. The number of amides is 1. The van der Waals surface area contributed by atoms with Crippen LogP contribution in [0.5, 0.6) is 5.75 Å². The minimum absolute atomic E-state index is 0.152. The molecule has 1 saturated heterocycles. The summed E-state index contributed by atoms with van der Waals surface area (Å²) in [5.41, 5.74) is 1.17. The molecule has 158 valence electrons. The van der Waals surface area contributed by atoms with Gasteiger partial charge in [0.15, 0.2) is 0 Å². The summed E-state index contributed by atoms with van der Waals surface area (Å²) < 4.78 is 11.6. The molecule has 0 bridgehead atoms. The molecule has 0 aliphatic carbocycles. The summed E-state index contributed by atoms with van der Waals surface area (Å²) in [4.78, 5) is 14.5. The van der Waals surface area contributed by atoms with E-state index in [1.807, 2.05) is 13.8 Å². The normalized spacial score (nSPS) is 20.2. The zero-order chi connectivity index (χ0) is 20.9. The maximum absolute atomic E-state index is 12.4. The third kappa shape index (κ3) is 6.51. The van der Waals surface area contributed by atoms with Crippen LogP contribution in [0.15, 0.2) is 24.3 Å². The Morgan fingerprint density at radius 1 is 1.21 bits per heavy atom. The van der Waals surface area contributed by atoms with Crippen molar-refractivity contribution in [1.29, 1.82) is 0 Å². The van der Waals surface area contributed by atoms with Crippen molar-refractivity contribution in [3.05, 3.63) is 29.8 Å². The van der Waals surface area contributed by atoms with Crippen LogP contribution in [0.4, 0.5) is 0 Å². The largest absolute Gasteiger partial charge is 0.491 e. The fourth-order valence-electron chi connectivity index (χ4n) is 4.29. The Bertz CT molecular complexity index is 621. The molecule has 0 N–H and O–H groups in total. The van der Waals surface area contributed by atoms with Crippen LogP contribution in [0.25, 0.3) is 0 Å². The minimum Gasteiger partial charge on any atom is -0.491 e. The van der Waals surface area contributed by atoms with Crippen LogP contribution in [0, 0.1) is 5.92 Å². The van der Waals surface area contributed by atoms with E-state index in [4.69, 9.17) is 9.47 Å². The standard InChI is InChI=1S/C24H39NO3/c1-17(2)23(20-8-10-22(11-9-20)28-18(3)4)12-14-25(19(5)26)21-13-15-27-24(6,7)16-21/h8-11,17-18,21,23H,12-16H2,1-7H3/t21-,23+/m1/s1. The van der Waals surface area contributed by atoms with Crippen molar-refractivity contribution in [3.8, 4) is 5.75 Å². The van der Waals surface area contributed by atoms with E-state index in [9.17, 15) is 4.79 Å². The SMILES string of the molecule is CC(=O)N(CC[C@H](c1ccc(OC(C)C)cc1)C(C)C)[C@@H]1CCOC(C)(C)C1. The molecule has 1 fully saturated rings. The monoisotopic (exact) mass is 389 g/mol. The molecule has 0 radical (unpaired) electrons. The average Bonchev–Trinajstić information content (AvgIpc) is 2.57. The molecule has 1 aliphatic heterocycles. The summed E-state index contributed by atoms with van der Waals surface area (Å²) in [6.07, 6.45) is 2.98. The summed E-state index contributed by atoms with van der Waals surface area (Å²) >= 11 is 0. The maximum Gasteiger partial charge on any atom is 0.219 e. The van der Waals surface area contributed by atoms with Crippen LogP contribution in [0.1, 0.15) is 79.2 Å². The number of nitrogens with zero attached hydrogens (tertiary/aromatic N) is 1. The molecule has 0 unspecified atom stereocenters. The quantitative estimate of drug-likeness (QED) is 0.597. The van der Waals surface area contributed by atoms with Crippen molar-refractivity contribution in [2.45, 2.75) is 91.4 Å². The summed E-state index contributed by atoms with van der Waals surface area (Å²) in [7, 11) is 0. The van der Waals surface area contributed by atoms with E-state index in [0.29, 0.717) is 11.8 Å². The van der Waals surface area contributed by atoms with Gasteiger partial charge < -0.3 is 14.4 Å². The van der Waals surface area contributed by atoms with Gasteiger partial charge in [-0.3, -0.25) is 4.79 Å². The van der Waals surface area contributed by atoms with Gasteiger partial charge in [-0.1, -0.05) is 26.0 Å². The lowest BCUT2D eigenvalue weighted by atomic mass is 9.85. The smallest absolute Gasteiger partial charge is 0.219 e. The maximum atomic E-state index is 12.4. The lowest BCUT2D eigenvalue weighted by Gasteiger charge is -2.41. The van der Waals surface area contributed by atoms with E-state index in [1.165, 1.54) is 5.56 Å². The first kappa shape index (κ1) is 22.7. The van der Waals surface area contributed by atoms with Crippen molar-refractivity contribution in [2.24, 2.45) is 5.92 Å². The van der Waals surface area contributed by atoms with Gasteiger partial charge in [-0.2, -0.15) is 0 Å². The van der Waals surface area contributed by atoms with Crippen molar-refractivity contribution in [2.75, 3.05) is 13.2 Å². The van der Waals surface area contributed by atoms with Gasteiger partial charge in [-0.25, -0.2) is 0 Å². The predicted molar refractivity (Wildman–Crippen MR) is 115 cm³/mol. The zero-order valence-electron chi connectivity index (χ0n) is 18.8. The van der Waals surface area contributed by atoms with Crippen molar-refractivity contribution in [1.82, 2.24) is 4.90 Å². The molecular formula is C24H39NO3. The minimum atomic E-state index is -0.152. The second-order valence-corrected chi connectivity index (χ2v) is 9.34. The Morgan fingerprint density at radius 2 is 1.86 bits per heavy atom. The molecule has 0 spiro atoms. The molecular weight excluding hydrogens is 350 g/mol. The molecule has 1 aromatic rings. The second kappa shape index (κ2) is 9.78. The van der Waals surface area contributed by atoms with E-state index in [-0.39, 0.29) is 23.7 Å². The molecule has 1 aliphatic rings. The highest BCUT2D eigenvalue weighted by Gasteiger charge is 2.33. The van der Waals surface area contributed by atoms with E-state index < -0.39 is 0 Å². The molecule has 2 rings (SSSR count). The summed E-state index contributed by atoms with van der Waals surface area (Å²) in [5.74, 6) is 2.02. The number of rotatable bonds is 8. The Morgan fingerprint density at radius 3 is 2.36 bits per heavy atom. The number of benzene rings is 1. The van der Waals surface area contributed by atoms with Gasteiger partial charge in [0.05, 0.1) is 11.7 Å². The number of carbonyl (C=O) groups is 1.